The van der Waals surface area contributed by atoms with Crippen molar-refractivity contribution in [3.8, 4) is 0 Å². The zero-order valence-corrected chi connectivity index (χ0v) is 9.96. The van der Waals surface area contributed by atoms with Gasteiger partial charge in [0.2, 0.25) is 0 Å². The number of carbonyl (C=O) groups excluding carboxylic acids is 1. The van der Waals surface area contributed by atoms with E-state index in [2.05, 4.69) is 16.4 Å². The number of rotatable bonds is 4. The van der Waals surface area contributed by atoms with Crippen molar-refractivity contribution in [3.05, 3.63) is 52.0 Å². The highest BCUT2D eigenvalue weighted by molar-refractivity contribution is 7.07. The molecule has 0 unspecified atom stereocenters. The van der Waals surface area contributed by atoms with E-state index in [0.29, 0.717) is 12.1 Å². The largest absolute Gasteiger partial charge is 0.292 e. The maximum atomic E-state index is 11.8. The molecule has 0 aliphatic heterocycles. The van der Waals surface area contributed by atoms with E-state index in [9.17, 15) is 4.79 Å². The number of ketones is 1. The highest BCUT2D eigenvalue weighted by Gasteiger charge is 2.07. The van der Waals surface area contributed by atoms with Crippen LogP contribution in [0.25, 0.3) is 0 Å². The monoisotopic (exact) mass is 231 g/mol. The number of thiophene rings is 1. The Labute approximate surface area is 99.0 Å². The molecule has 0 N–H and O–H groups in total. The first kappa shape index (κ1) is 11.0. The molecule has 2 rings (SSSR count). The second-order valence-electron chi connectivity index (χ2n) is 3.77. The Morgan fingerprint density at radius 2 is 2.31 bits per heavy atom. The molecule has 0 saturated heterocycles. The predicted molar refractivity (Wildman–Crippen MR) is 65.9 cm³/mol. The molecule has 0 spiro atoms. The van der Waals surface area contributed by atoms with E-state index in [1.165, 1.54) is 5.56 Å². The lowest BCUT2D eigenvalue weighted by atomic mass is 10.1. The maximum Gasteiger partial charge on any atom is 0.181 e. The van der Waals surface area contributed by atoms with Gasteiger partial charge in [-0.3, -0.25) is 9.78 Å². The van der Waals surface area contributed by atoms with Crippen molar-refractivity contribution in [3.63, 3.8) is 0 Å². The third kappa shape index (κ3) is 2.76. The van der Waals surface area contributed by atoms with Gasteiger partial charge in [0.25, 0.3) is 0 Å². The molecule has 0 aliphatic carbocycles. The van der Waals surface area contributed by atoms with Gasteiger partial charge in [0, 0.05) is 12.6 Å². The topological polar surface area (TPSA) is 30.0 Å². The Kier molecular flexibility index (Phi) is 3.47. The third-order valence-electron chi connectivity index (χ3n) is 2.42. The normalized spacial score (nSPS) is 10.3. The number of aromatic nitrogens is 1. The zero-order valence-electron chi connectivity index (χ0n) is 9.14. The first-order chi connectivity index (χ1) is 7.75. The van der Waals surface area contributed by atoms with Crippen LogP contribution in [0.4, 0.5) is 0 Å². The fourth-order valence-electron chi connectivity index (χ4n) is 1.51. The summed E-state index contributed by atoms with van der Waals surface area (Å²) in [4.78, 5) is 15.9. The molecule has 2 heterocycles. The van der Waals surface area contributed by atoms with Crippen LogP contribution in [0.3, 0.4) is 0 Å². The summed E-state index contributed by atoms with van der Waals surface area (Å²) >= 11 is 1.66. The average Bonchev–Trinajstić information content (AvgIpc) is 2.78. The minimum atomic E-state index is 0.120. The van der Waals surface area contributed by atoms with Gasteiger partial charge in [0.1, 0.15) is 5.69 Å². The fourth-order valence-corrected chi connectivity index (χ4v) is 2.21. The molecule has 0 amide bonds. The van der Waals surface area contributed by atoms with Crippen LogP contribution >= 0.6 is 11.3 Å². The summed E-state index contributed by atoms with van der Waals surface area (Å²) in [5, 5.41) is 4.11. The van der Waals surface area contributed by atoms with Crippen LogP contribution in [0.2, 0.25) is 0 Å². The van der Waals surface area contributed by atoms with Crippen LogP contribution in [0.5, 0.6) is 0 Å². The van der Waals surface area contributed by atoms with E-state index < -0.39 is 0 Å². The average molecular weight is 231 g/mol. The number of hydrogen-bond acceptors (Lipinski definition) is 3. The van der Waals surface area contributed by atoms with Crippen molar-refractivity contribution in [1.82, 2.24) is 4.98 Å². The number of carbonyl (C=O) groups is 1. The summed E-state index contributed by atoms with van der Waals surface area (Å²) in [6, 6.07) is 5.80. The van der Waals surface area contributed by atoms with Crippen LogP contribution in [0.1, 0.15) is 28.0 Å². The van der Waals surface area contributed by atoms with Crippen molar-refractivity contribution in [2.45, 2.75) is 19.8 Å². The van der Waals surface area contributed by atoms with Gasteiger partial charge in [-0.25, -0.2) is 0 Å². The van der Waals surface area contributed by atoms with E-state index in [-0.39, 0.29) is 5.78 Å². The van der Waals surface area contributed by atoms with Gasteiger partial charge in [-0.2, -0.15) is 11.3 Å². The smallest absolute Gasteiger partial charge is 0.181 e. The van der Waals surface area contributed by atoms with Gasteiger partial charge in [0.15, 0.2) is 5.78 Å². The standard InChI is InChI=1S/C13H13NOS/c1-10-4-6-14-12(8-10)13(15)3-2-11-5-7-16-9-11/h4-9H,2-3H2,1H3. The summed E-state index contributed by atoms with van der Waals surface area (Å²) in [5.74, 6) is 0.120. The molecule has 0 aromatic carbocycles. The van der Waals surface area contributed by atoms with Gasteiger partial charge in [-0.15, -0.1) is 0 Å². The molecule has 0 fully saturated rings. The highest BCUT2D eigenvalue weighted by atomic mass is 32.1. The molecular formula is C13H13NOS. The number of nitrogens with zero attached hydrogens (tertiary/aromatic N) is 1. The van der Waals surface area contributed by atoms with Gasteiger partial charge in [-0.1, -0.05) is 0 Å². The molecular weight excluding hydrogens is 218 g/mol. The van der Waals surface area contributed by atoms with Gasteiger partial charge >= 0.3 is 0 Å². The van der Waals surface area contributed by atoms with Crippen molar-refractivity contribution in [2.75, 3.05) is 0 Å². The third-order valence-corrected chi connectivity index (χ3v) is 3.15. The lowest BCUT2D eigenvalue weighted by Crippen LogP contribution is -2.03. The minimum Gasteiger partial charge on any atom is -0.292 e. The van der Waals surface area contributed by atoms with Crippen molar-refractivity contribution < 1.29 is 4.79 Å². The first-order valence-electron chi connectivity index (χ1n) is 5.22. The van der Waals surface area contributed by atoms with Crippen LogP contribution in [-0.4, -0.2) is 10.8 Å². The van der Waals surface area contributed by atoms with E-state index in [0.717, 1.165) is 12.0 Å². The predicted octanol–water partition coefficient (Wildman–Crippen LogP) is 3.27. The Bertz CT molecular complexity index is 476. The Hall–Kier alpha value is -1.48. The van der Waals surface area contributed by atoms with Gasteiger partial charge in [0.05, 0.1) is 0 Å². The van der Waals surface area contributed by atoms with Crippen LogP contribution < -0.4 is 0 Å². The lowest BCUT2D eigenvalue weighted by Gasteiger charge is -2.00. The van der Waals surface area contributed by atoms with Gasteiger partial charge in [-0.05, 0) is 53.4 Å². The molecule has 2 nitrogen and oxygen atoms in total. The molecule has 82 valence electrons. The molecule has 2 aromatic heterocycles. The Morgan fingerprint density at radius 3 is 3.00 bits per heavy atom. The van der Waals surface area contributed by atoms with Crippen LogP contribution in [-0.2, 0) is 6.42 Å². The first-order valence-corrected chi connectivity index (χ1v) is 6.17. The second kappa shape index (κ2) is 5.03. The van der Waals surface area contributed by atoms with Crippen molar-refractivity contribution in [1.29, 1.82) is 0 Å². The van der Waals surface area contributed by atoms with E-state index in [1.54, 1.807) is 17.5 Å². The number of pyridine rings is 1. The summed E-state index contributed by atoms with van der Waals surface area (Å²) in [7, 11) is 0. The molecule has 0 aliphatic rings. The van der Waals surface area contributed by atoms with E-state index in [1.807, 2.05) is 24.4 Å². The lowest BCUT2D eigenvalue weighted by molar-refractivity contribution is 0.0978. The minimum absolute atomic E-state index is 0.120. The molecule has 0 bridgehead atoms. The SMILES string of the molecule is Cc1ccnc(C(=O)CCc2ccsc2)c1. The number of Topliss-reactive ketones (excluding diaryl/α,β-unsaturated/α-hetero) is 1. The van der Waals surface area contributed by atoms with Crippen molar-refractivity contribution >= 4 is 17.1 Å². The van der Waals surface area contributed by atoms with Crippen LogP contribution in [0, 0.1) is 6.92 Å². The Morgan fingerprint density at radius 1 is 1.44 bits per heavy atom. The summed E-state index contributed by atoms with van der Waals surface area (Å²) in [6.07, 6.45) is 3.03. The molecule has 3 heteroatoms. The molecule has 16 heavy (non-hydrogen) atoms. The summed E-state index contributed by atoms with van der Waals surface area (Å²) in [5.41, 5.74) is 2.88. The van der Waals surface area contributed by atoms with Crippen LogP contribution in [0.15, 0.2) is 35.2 Å². The molecule has 0 radical (unpaired) electrons. The fraction of sp³-hybridized carbons (Fsp3) is 0.231. The highest BCUT2D eigenvalue weighted by Crippen LogP contribution is 2.11. The summed E-state index contributed by atoms with van der Waals surface area (Å²) < 4.78 is 0. The second-order valence-corrected chi connectivity index (χ2v) is 4.55. The molecule has 0 saturated carbocycles. The quantitative estimate of drug-likeness (QED) is 0.756. The zero-order chi connectivity index (χ0) is 11.4. The van der Waals surface area contributed by atoms with Gasteiger partial charge < -0.3 is 0 Å². The Balaban J connectivity index is 1.98. The summed E-state index contributed by atoms with van der Waals surface area (Å²) in [6.45, 7) is 1.97. The van der Waals surface area contributed by atoms with Crippen molar-refractivity contribution in [2.24, 2.45) is 0 Å². The maximum absolute atomic E-state index is 11.8. The molecule has 2 aromatic rings. The van der Waals surface area contributed by atoms with E-state index in [4.69, 9.17) is 0 Å². The number of aryl methyl sites for hydroxylation is 2. The van der Waals surface area contributed by atoms with E-state index >= 15 is 0 Å². The number of hydrogen-bond donors (Lipinski definition) is 0. The molecule has 0 atom stereocenters.